The Morgan fingerprint density at radius 1 is 1.50 bits per heavy atom. The third-order valence-electron chi connectivity index (χ3n) is 1.80. The summed E-state index contributed by atoms with van der Waals surface area (Å²) >= 11 is 0. The van der Waals surface area contributed by atoms with Gasteiger partial charge in [0.1, 0.15) is 12.2 Å². The number of rotatable bonds is 5. The van der Waals surface area contributed by atoms with Crippen molar-refractivity contribution in [1.29, 1.82) is 0 Å². The van der Waals surface area contributed by atoms with Crippen LogP contribution in [0.1, 0.15) is 10.5 Å². The van der Waals surface area contributed by atoms with Crippen molar-refractivity contribution >= 4 is 11.9 Å². The van der Waals surface area contributed by atoms with Crippen molar-refractivity contribution in [3.8, 4) is 0 Å². The molecule has 0 aliphatic rings. The van der Waals surface area contributed by atoms with Crippen molar-refractivity contribution in [2.45, 2.75) is 13.0 Å². The molecule has 0 bridgehead atoms. The topological polar surface area (TPSA) is 71.3 Å². The molecule has 0 unspecified atom stereocenters. The zero-order valence-electron chi connectivity index (χ0n) is 8.19. The van der Waals surface area contributed by atoms with Gasteiger partial charge in [0.2, 0.25) is 0 Å². The summed E-state index contributed by atoms with van der Waals surface area (Å²) in [5, 5.41) is 10.4. The standard InChI is InChI=1S/C9H10F2N2O3/c10-7(11)5-13-3-1-2-6(13)9(16)12-4-8(14)15/h1-3,7H,4-5H2,(H,12,16)(H,14,15). The summed E-state index contributed by atoms with van der Waals surface area (Å²) in [5.41, 5.74) is 0.0153. The SMILES string of the molecule is O=C(O)CNC(=O)c1cccn1CC(F)F. The van der Waals surface area contributed by atoms with E-state index in [-0.39, 0.29) is 5.69 Å². The van der Waals surface area contributed by atoms with Gasteiger partial charge in [-0.1, -0.05) is 0 Å². The minimum Gasteiger partial charge on any atom is -0.480 e. The van der Waals surface area contributed by atoms with Gasteiger partial charge in [-0.05, 0) is 12.1 Å². The Morgan fingerprint density at radius 2 is 2.19 bits per heavy atom. The van der Waals surface area contributed by atoms with E-state index in [1.165, 1.54) is 18.3 Å². The molecule has 0 radical (unpaired) electrons. The Morgan fingerprint density at radius 3 is 2.75 bits per heavy atom. The number of aromatic nitrogens is 1. The van der Waals surface area contributed by atoms with E-state index in [1.54, 1.807) is 0 Å². The zero-order valence-corrected chi connectivity index (χ0v) is 8.19. The van der Waals surface area contributed by atoms with Crippen LogP contribution in [0.5, 0.6) is 0 Å². The van der Waals surface area contributed by atoms with Crippen LogP contribution in [0.25, 0.3) is 0 Å². The molecule has 0 atom stereocenters. The number of alkyl halides is 2. The van der Waals surface area contributed by atoms with Crippen LogP contribution in [0.3, 0.4) is 0 Å². The fourth-order valence-electron chi connectivity index (χ4n) is 1.17. The second kappa shape index (κ2) is 5.24. The third kappa shape index (κ3) is 3.34. The van der Waals surface area contributed by atoms with Crippen LogP contribution < -0.4 is 5.32 Å². The number of hydrogen-bond donors (Lipinski definition) is 2. The summed E-state index contributed by atoms with van der Waals surface area (Å²) in [5.74, 6) is -1.88. The van der Waals surface area contributed by atoms with Crippen LogP contribution in [0.15, 0.2) is 18.3 Å². The maximum atomic E-state index is 12.1. The van der Waals surface area contributed by atoms with Crippen LogP contribution in [0.2, 0.25) is 0 Å². The first-order chi connectivity index (χ1) is 7.50. The number of aliphatic carboxylic acids is 1. The second-order valence-corrected chi connectivity index (χ2v) is 3.01. The minimum atomic E-state index is -2.57. The molecule has 5 nitrogen and oxygen atoms in total. The molecule has 0 saturated carbocycles. The summed E-state index contributed by atoms with van der Waals surface area (Å²) in [6.07, 6.45) is -1.24. The van der Waals surface area contributed by atoms with E-state index in [4.69, 9.17) is 5.11 Å². The molecule has 7 heteroatoms. The average molecular weight is 232 g/mol. The molecule has 1 heterocycles. The van der Waals surface area contributed by atoms with E-state index in [9.17, 15) is 18.4 Å². The van der Waals surface area contributed by atoms with Crippen molar-refractivity contribution in [3.63, 3.8) is 0 Å². The molecular formula is C9H10F2N2O3. The average Bonchev–Trinajstić information content (AvgIpc) is 2.61. The van der Waals surface area contributed by atoms with Crippen molar-refractivity contribution < 1.29 is 23.5 Å². The second-order valence-electron chi connectivity index (χ2n) is 3.01. The van der Waals surface area contributed by atoms with Gasteiger partial charge in [0.15, 0.2) is 0 Å². The Hall–Kier alpha value is -1.92. The normalized spacial score (nSPS) is 10.4. The molecule has 2 N–H and O–H groups in total. The number of carboxylic acid groups (broad SMARTS) is 1. The lowest BCUT2D eigenvalue weighted by molar-refractivity contribution is -0.135. The van der Waals surface area contributed by atoms with Gasteiger partial charge in [-0.2, -0.15) is 0 Å². The van der Waals surface area contributed by atoms with Crippen molar-refractivity contribution in [3.05, 3.63) is 24.0 Å². The molecule has 0 aromatic carbocycles. The molecule has 1 amide bonds. The quantitative estimate of drug-likeness (QED) is 0.779. The number of nitrogens with one attached hydrogen (secondary N) is 1. The number of carbonyl (C=O) groups excluding carboxylic acids is 1. The summed E-state index contributed by atoms with van der Waals surface area (Å²) < 4.78 is 25.3. The predicted molar refractivity (Wildman–Crippen MR) is 50.4 cm³/mol. The smallest absolute Gasteiger partial charge is 0.322 e. The lowest BCUT2D eigenvalue weighted by Crippen LogP contribution is -2.31. The molecule has 1 aromatic heterocycles. The number of amides is 1. The summed E-state index contributed by atoms with van der Waals surface area (Å²) in [7, 11) is 0. The third-order valence-corrected chi connectivity index (χ3v) is 1.80. The lowest BCUT2D eigenvalue weighted by atomic mass is 10.4. The molecular weight excluding hydrogens is 222 g/mol. The number of carbonyl (C=O) groups is 2. The van der Waals surface area contributed by atoms with Crippen molar-refractivity contribution in [1.82, 2.24) is 9.88 Å². The maximum absolute atomic E-state index is 12.1. The van der Waals surface area contributed by atoms with E-state index >= 15 is 0 Å². The molecule has 0 fully saturated rings. The van der Waals surface area contributed by atoms with Gasteiger partial charge in [0.05, 0.1) is 6.54 Å². The number of halogens is 2. The van der Waals surface area contributed by atoms with E-state index in [2.05, 4.69) is 5.32 Å². The summed E-state index contributed by atoms with van der Waals surface area (Å²) in [6, 6.07) is 2.79. The van der Waals surface area contributed by atoms with Gasteiger partial charge >= 0.3 is 5.97 Å². The van der Waals surface area contributed by atoms with E-state index in [0.717, 1.165) is 4.57 Å². The number of hydrogen-bond acceptors (Lipinski definition) is 2. The van der Waals surface area contributed by atoms with Crippen molar-refractivity contribution in [2.24, 2.45) is 0 Å². The minimum absolute atomic E-state index is 0.0153. The predicted octanol–water partition coefficient (Wildman–Crippen LogP) is 0.568. The number of carboxylic acids is 1. The molecule has 88 valence electrons. The highest BCUT2D eigenvalue weighted by Gasteiger charge is 2.14. The van der Waals surface area contributed by atoms with Gasteiger partial charge < -0.3 is 15.0 Å². The first kappa shape index (κ1) is 12.2. The fourth-order valence-corrected chi connectivity index (χ4v) is 1.17. The highest BCUT2D eigenvalue weighted by atomic mass is 19.3. The Labute approximate surface area is 89.7 Å². The van der Waals surface area contributed by atoms with E-state index in [1.807, 2.05) is 0 Å². The number of nitrogens with zero attached hydrogens (tertiary/aromatic N) is 1. The lowest BCUT2D eigenvalue weighted by Gasteiger charge is -2.07. The summed E-state index contributed by atoms with van der Waals surface area (Å²) in [4.78, 5) is 21.6. The molecule has 1 aromatic rings. The van der Waals surface area contributed by atoms with Gasteiger partial charge in [0.25, 0.3) is 12.3 Å². The van der Waals surface area contributed by atoms with Crippen LogP contribution in [0, 0.1) is 0 Å². The van der Waals surface area contributed by atoms with Gasteiger partial charge in [-0.3, -0.25) is 9.59 Å². The van der Waals surface area contributed by atoms with Crippen molar-refractivity contribution in [2.75, 3.05) is 6.54 Å². The van der Waals surface area contributed by atoms with Gasteiger partial charge in [0, 0.05) is 6.20 Å². The van der Waals surface area contributed by atoms with Crippen LogP contribution in [-0.2, 0) is 11.3 Å². The first-order valence-corrected chi connectivity index (χ1v) is 4.44. The fraction of sp³-hybridized carbons (Fsp3) is 0.333. The zero-order chi connectivity index (χ0) is 12.1. The molecule has 0 spiro atoms. The summed E-state index contributed by atoms with van der Waals surface area (Å²) in [6.45, 7) is -1.14. The van der Waals surface area contributed by atoms with Gasteiger partial charge in [-0.25, -0.2) is 8.78 Å². The van der Waals surface area contributed by atoms with Gasteiger partial charge in [-0.15, -0.1) is 0 Å². The Balaban J connectivity index is 2.68. The highest BCUT2D eigenvalue weighted by molar-refractivity contribution is 5.94. The molecule has 0 aliphatic heterocycles. The van der Waals surface area contributed by atoms with Crippen LogP contribution in [-0.4, -0.2) is 34.5 Å². The Kier molecular flexibility index (Phi) is 3.98. The monoisotopic (exact) mass is 232 g/mol. The maximum Gasteiger partial charge on any atom is 0.322 e. The first-order valence-electron chi connectivity index (χ1n) is 4.44. The molecule has 16 heavy (non-hydrogen) atoms. The molecule has 0 saturated heterocycles. The largest absolute Gasteiger partial charge is 0.480 e. The Bertz CT molecular complexity index is 390. The van der Waals surface area contributed by atoms with Crippen LogP contribution >= 0.6 is 0 Å². The van der Waals surface area contributed by atoms with Crippen LogP contribution in [0.4, 0.5) is 8.78 Å². The molecule has 1 rings (SSSR count). The highest BCUT2D eigenvalue weighted by Crippen LogP contribution is 2.06. The van der Waals surface area contributed by atoms with E-state index in [0.29, 0.717) is 0 Å². The van der Waals surface area contributed by atoms with E-state index < -0.39 is 31.4 Å². The molecule has 0 aliphatic carbocycles.